The molecule has 1 heterocycles. The molecule has 0 N–H and O–H groups in total. The van der Waals surface area contributed by atoms with Crippen LogP contribution in [0.3, 0.4) is 0 Å². The van der Waals surface area contributed by atoms with Crippen molar-refractivity contribution in [2.45, 2.75) is 45.6 Å². The van der Waals surface area contributed by atoms with Crippen molar-refractivity contribution >= 4 is 5.57 Å². The number of ether oxygens (including phenoxy) is 1. The Kier molecular flexibility index (Phi) is 4.34. The Bertz CT molecular complexity index is 931. The SMILES string of the molecule is CC(C)OC1=CC=C(c2nc(-c3cccc4c3CCC4)no2)CC1C#N. The molecule has 0 radical (unpaired) electrons. The first-order valence-corrected chi connectivity index (χ1v) is 9.08. The van der Waals surface area contributed by atoms with Gasteiger partial charge in [-0.1, -0.05) is 29.4 Å². The molecule has 1 unspecified atom stereocenters. The van der Waals surface area contributed by atoms with Gasteiger partial charge in [0, 0.05) is 17.6 Å². The van der Waals surface area contributed by atoms with Crippen LogP contribution < -0.4 is 0 Å². The zero-order chi connectivity index (χ0) is 18.1. The Morgan fingerprint density at radius 1 is 1.27 bits per heavy atom. The topological polar surface area (TPSA) is 71.9 Å². The summed E-state index contributed by atoms with van der Waals surface area (Å²) in [4.78, 5) is 4.61. The fourth-order valence-electron chi connectivity index (χ4n) is 3.64. The van der Waals surface area contributed by atoms with E-state index >= 15 is 0 Å². The minimum Gasteiger partial charge on any atom is -0.494 e. The van der Waals surface area contributed by atoms with E-state index < -0.39 is 0 Å². The molecule has 2 aliphatic rings. The van der Waals surface area contributed by atoms with Gasteiger partial charge in [0.05, 0.1) is 12.2 Å². The minimum atomic E-state index is -0.325. The molecule has 2 aromatic rings. The third kappa shape index (κ3) is 3.03. The van der Waals surface area contributed by atoms with E-state index in [1.165, 1.54) is 17.5 Å². The van der Waals surface area contributed by atoms with Gasteiger partial charge in [-0.3, -0.25) is 0 Å². The molecule has 0 saturated heterocycles. The summed E-state index contributed by atoms with van der Waals surface area (Å²) in [6.07, 6.45) is 7.68. The number of aryl methyl sites for hydroxylation is 1. The number of rotatable bonds is 4. The van der Waals surface area contributed by atoms with E-state index in [1.807, 2.05) is 26.0 Å². The van der Waals surface area contributed by atoms with Crippen molar-refractivity contribution in [3.8, 4) is 17.5 Å². The molecular weight excluding hydrogens is 326 g/mol. The fraction of sp³-hybridized carbons (Fsp3) is 0.381. The van der Waals surface area contributed by atoms with Gasteiger partial charge in [0.2, 0.25) is 5.82 Å². The zero-order valence-electron chi connectivity index (χ0n) is 15.0. The maximum absolute atomic E-state index is 9.46. The van der Waals surface area contributed by atoms with E-state index in [1.54, 1.807) is 0 Å². The summed E-state index contributed by atoms with van der Waals surface area (Å²) in [6, 6.07) is 8.59. The fourth-order valence-corrected chi connectivity index (χ4v) is 3.64. The average molecular weight is 347 g/mol. The van der Waals surface area contributed by atoms with Gasteiger partial charge in [-0.2, -0.15) is 10.2 Å². The normalized spacial score (nSPS) is 18.9. The van der Waals surface area contributed by atoms with Crippen molar-refractivity contribution in [2.24, 2.45) is 5.92 Å². The highest BCUT2D eigenvalue weighted by molar-refractivity contribution is 5.67. The predicted octanol–water partition coefficient (Wildman–Crippen LogP) is 4.46. The van der Waals surface area contributed by atoms with Crippen molar-refractivity contribution in [2.75, 3.05) is 0 Å². The number of benzene rings is 1. The predicted molar refractivity (Wildman–Crippen MR) is 97.8 cm³/mol. The molecule has 4 rings (SSSR count). The van der Waals surface area contributed by atoms with Crippen LogP contribution in [0.4, 0.5) is 0 Å². The molecule has 0 bridgehead atoms. The maximum Gasteiger partial charge on any atom is 0.254 e. The highest BCUT2D eigenvalue weighted by atomic mass is 16.5. The lowest BCUT2D eigenvalue weighted by Gasteiger charge is -2.20. The second-order valence-electron chi connectivity index (χ2n) is 7.03. The zero-order valence-corrected chi connectivity index (χ0v) is 15.0. The number of fused-ring (bicyclic) bond motifs is 1. The molecule has 5 nitrogen and oxygen atoms in total. The van der Waals surface area contributed by atoms with Crippen molar-refractivity contribution in [1.82, 2.24) is 10.1 Å². The molecule has 1 atom stereocenters. The van der Waals surface area contributed by atoms with Gasteiger partial charge in [0.25, 0.3) is 5.89 Å². The summed E-state index contributed by atoms with van der Waals surface area (Å²) in [5.74, 6) is 1.48. The van der Waals surface area contributed by atoms with E-state index in [4.69, 9.17) is 9.26 Å². The second-order valence-corrected chi connectivity index (χ2v) is 7.03. The highest BCUT2D eigenvalue weighted by Gasteiger charge is 2.26. The average Bonchev–Trinajstić information content (AvgIpc) is 3.30. The summed E-state index contributed by atoms with van der Waals surface area (Å²) in [7, 11) is 0. The van der Waals surface area contributed by atoms with E-state index in [0.717, 1.165) is 24.0 Å². The van der Waals surface area contributed by atoms with Crippen LogP contribution in [-0.4, -0.2) is 16.2 Å². The van der Waals surface area contributed by atoms with Gasteiger partial charge in [-0.15, -0.1) is 0 Å². The Balaban J connectivity index is 1.63. The van der Waals surface area contributed by atoms with E-state index in [2.05, 4.69) is 34.4 Å². The lowest BCUT2D eigenvalue weighted by atomic mass is 9.93. The largest absolute Gasteiger partial charge is 0.494 e. The van der Waals surface area contributed by atoms with Crippen LogP contribution in [0, 0.1) is 17.2 Å². The summed E-state index contributed by atoms with van der Waals surface area (Å²) in [6.45, 7) is 3.91. The van der Waals surface area contributed by atoms with Gasteiger partial charge in [0.15, 0.2) is 0 Å². The Morgan fingerprint density at radius 2 is 2.15 bits per heavy atom. The summed E-state index contributed by atoms with van der Waals surface area (Å²) in [5.41, 5.74) is 4.65. The molecule has 0 amide bonds. The van der Waals surface area contributed by atoms with Crippen molar-refractivity contribution in [3.05, 3.63) is 53.1 Å². The highest BCUT2D eigenvalue weighted by Crippen LogP contribution is 2.34. The molecular formula is C21H21N3O2. The van der Waals surface area contributed by atoms with Crippen LogP contribution in [0.15, 0.2) is 40.6 Å². The second kappa shape index (κ2) is 6.80. The summed E-state index contributed by atoms with van der Waals surface area (Å²) in [5, 5.41) is 13.7. The van der Waals surface area contributed by atoms with Gasteiger partial charge >= 0.3 is 0 Å². The quantitative estimate of drug-likeness (QED) is 0.816. The van der Waals surface area contributed by atoms with E-state index in [9.17, 15) is 5.26 Å². The maximum atomic E-state index is 9.46. The number of nitriles is 1. The third-order valence-electron chi connectivity index (χ3n) is 4.83. The number of aromatic nitrogens is 2. The number of nitrogens with zero attached hydrogens (tertiary/aromatic N) is 3. The van der Waals surface area contributed by atoms with Crippen LogP contribution in [0.1, 0.15) is 43.7 Å². The van der Waals surface area contributed by atoms with Crippen LogP contribution in [0.25, 0.3) is 17.0 Å². The summed E-state index contributed by atoms with van der Waals surface area (Å²) < 4.78 is 11.2. The number of hydrogen-bond donors (Lipinski definition) is 0. The standard InChI is InChI=1S/C21H21N3O2/c1-13(2)25-19-10-9-15(11-16(19)12-22)21-23-20(24-26-21)18-8-4-6-14-5-3-7-17(14)18/h4,6,8-10,13,16H,3,5,7,11H2,1-2H3. The van der Waals surface area contributed by atoms with Crippen LogP contribution in [0.5, 0.6) is 0 Å². The molecule has 132 valence electrons. The summed E-state index contributed by atoms with van der Waals surface area (Å²) >= 11 is 0. The van der Waals surface area contributed by atoms with Gasteiger partial charge in [-0.05, 0) is 50.3 Å². The van der Waals surface area contributed by atoms with Crippen LogP contribution >= 0.6 is 0 Å². The van der Waals surface area contributed by atoms with Gasteiger partial charge < -0.3 is 9.26 Å². The molecule has 0 aliphatic heterocycles. The Hall–Kier alpha value is -2.87. The lowest BCUT2D eigenvalue weighted by molar-refractivity contribution is 0.129. The van der Waals surface area contributed by atoms with Crippen LogP contribution in [0.2, 0.25) is 0 Å². The minimum absolute atomic E-state index is 0.0437. The van der Waals surface area contributed by atoms with E-state index in [-0.39, 0.29) is 12.0 Å². The Labute approximate surface area is 153 Å². The molecule has 5 heteroatoms. The van der Waals surface area contributed by atoms with Crippen molar-refractivity contribution in [3.63, 3.8) is 0 Å². The van der Waals surface area contributed by atoms with Crippen LogP contribution in [-0.2, 0) is 17.6 Å². The number of allylic oxidation sites excluding steroid dienone is 4. The van der Waals surface area contributed by atoms with Crippen molar-refractivity contribution in [1.29, 1.82) is 5.26 Å². The smallest absolute Gasteiger partial charge is 0.254 e. The molecule has 0 spiro atoms. The molecule has 0 fully saturated rings. The molecule has 26 heavy (non-hydrogen) atoms. The molecule has 1 aromatic heterocycles. The first-order valence-electron chi connectivity index (χ1n) is 9.08. The molecule has 0 saturated carbocycles. The number of hydrogen-bond acceptors (Lipinski definition) is 5. The first-order chi connectivity index (χ1) is 12.7. The lowest BCUT2D eigenvalue weighted by Crippen LogP contribution is -2.13. The first kappa shape index (κ1) is 16.6. The van der Waals surface area contributed by atoms with E-state index in [0.29, 0.717) is 23.9 Å². The third-order valence-corrected chi connectivity index (χ3v) is 4.83. The van der Waals surface area contributed by atoms with Gasteiger partial charge in [0.1, 0.15) is 11.7 Å². The van der Waals surface area contributed by atoms with Gasteiger partial charge in [-0.25, -0.2) is 0 Å². The van der Waals surface area contributed by atoms with Crippen molar-refractivity contribution < 1.29 is 9.26 Å². The Morgan fingerprint density at radius 3 is 2.96 bits per heavy atom. The molecule has 1 aromatic carbocycles. The monoisotopic (exact) mass is 347 g/mol. The molecule has 2 aliphatic carbocycles.